The van der Waals surface area contributed by atoms with Gasteiger partial charge < -0.3 is 14.8 Å². The van der Waals surface area contributed by atoms with Gasteiger partial charge in [0.1, 0.15) is 11.4 Å². The van der Waals surface area contributed by atoms with Crippen LogP contribution >= 0.6 is 0 Å². The molecule has 164 valence electrons. The molecule has 0 spiro atoms. The Morgan fingerprint density at radius 1 is 1.00 bits per heavy atom. The largest absolute Gasteiger partial charge is 0.493 e. The predicted molar refractivity (Wildman–Crippen MR) is 132 cm³/mol. The maximum absolute atomic E-state index is 12.0. The first-order valence-electron chi connectivity index (χ1n) is 11.3. The highest BCUT2D eigenvalue weighted by molar-refractivity contribution is 6.01. The number of aromatic nitrogens is 1. The summed E-state index contributed by atoms with van der Waals surface area (Å²) in [4.78, 5) is 15.2. The van der Waals surface area contributed by atoms with Crippen LogP contribution in [-0.4, -0.2) is 22.7 Å². The van der Waals surface area contributed by atoms with Crippen molar-refractivity contribution in [3.05, 3.63) is 83.6 Å². The SMILES string of the molecule is CC/C=C(/CC)c1cccc2c(CCCOc3cccc4ccccc34)c(C(=O)O)[nH]c12. The van der Waals surface area contributed by atoms with E-state index >= 15 is 0 Å². The molecular formula is C28H29NO3. The molecule has 0 radical (unpaired) electrons. The van der Waals surface area contributed by atoms with E-state index in [0.717, 1.165) is 57.8 Å². The Balaban J connectivity index is 1.58. The normalized spacial score (nSPS) is 11.9. The van der Waals surface area contributed by atoms with E-state index in [-0.39, 0.29) is 5.69 Å². The minimum absolute atomic E-state index is 0.282. The van der Waals surface area contributed by atoms with Gasteiger partial charge in [-0.2, -0.15) is 0 Å². The number of hydrogen-bond donors (Lipinski definition) is 2. The van der Waals surface area contributed by atoms with E-state index in [4.69, 9.17) is 4.74 Å². The predicted octanol–water partition coefficient (Wildman–Crippen LogP) is 7.23. The zero-order valence-corrected chi connectivity index (χ0v) is 18.7. The van der Waals surface area contributed by atoms with Crippen LogP contribution < -0.4 is 4.74 Å². The number of aromatic carboxylic acids is 1. The average molecular weight is 428 g/mol. The maximum atomic E-state index is 12.0. The number of carboxylic acids is 1. The lowest BCUT2D eigenvalue weighted by molar-refractivity contribution is 0.0690. The Morgan fingerprint density at radius 2 is 1.75 bits per heavy atom. The number of rotatable bonds is 9. The summed E-state index contributed by atoms with van der Waals surface area (Å²) in [6, 6.07) is 20.3. The molecule has 0 saturated carbocycles. The van der Waals surface area contributed by atoms with Crippen molar-refractivity contribution in [2.45, 2.75) is 39.5 Å². The van der Waals surface area contributed by atoms with Crippen LogP contribution in [0.2, 0.25) is 0 Å². The zero-order chi connectivity index (χ0) is 22.5. The number of carbonyl (C=O) groups is 1. The summed E-state index contributed by atoms with van der Waals surface area (Å²) in [6.45, 7) is 4.77. The highest BCUT2D eigenvalue weighted by Gasteiger charge is 2.19. The van der Waals surface area contributed by atoms with Crippen molar-refractivity contribution in [3.63, 3.8) is 0 Å². The van der Waals surface area contributed by atoms with Gasteiger partial charge in [0.15, 0.2) is 0 Å². The molecule has 3 aromatic carbocycles. The molecule has 4 heteroatoms. The minimum Gasteiger partial charge on any atom is -0.493 e. The number of aromatic amines is 1. The van der Waals surface area contributed by atoms with E-state index in [1.165, 1.54) is 5.57 Å². The van der Waals surface area contributed by atoms with E-state index < -0.39 is 5.97 Å². The molecule has 4 aromatic rings. The van der Waals surface area contributed by atoms with Crippen LogP contribution in [-0.2, 0) is 6.42 Å². The van der Waals surface area contributed by atoms with E-state index in [9.17, 15) is 9.90 Å². The Bertz CT molecular complexity index is 1280. The van der Waals surface area contributed by atoms with Crippen LogP contribution in [0.1, 0.15) is 54.7 Å². The van der Waals surface area contributed by atoms with Crippen LogP contribution in [0.5, 0.6) is 5.75 Å². The molecule has 0 fully saturated rings. The van der Waals surface area contributed by atoms with Gasteiger partial charge >= 0.3 is 5.97 Å². The van der Waals surface area contributed by atoms with Crippen molar-refractivity contribution < 1.29 is 14.6 Å². The third kappa shape index (κ3) is 4.26. The third-order valence-corrected chi connectivity index (χ3v) is 5.91. The summed E-state index contributed by atoms with van der Waals surface area (Å²) in [7, 11) is 0. The molecule has 0 aliphatic heterocycles. The second-order valence-electron chi connectivity index (χ2n) is 7.93. The Kier molecular flexibility index (Phi) is 6.60. The number of ether oxygens (including phenoxy) is 1. The highest BCUT2D eigenvalue weighted by Crippen LogP contribution is 2.32. The quantitative estimate of drug-likeness (QED) is 0.277. The number of fused-ring (bicyclic) bond motifs is 2. The summed E-state index contributed by atoms with van der Waals surface area (Å²) >= 11 is 0. The van der Waals surface area contributed by atoms with Crippen molar-refractivity contribution in [2.24, 2.45) is 0 Å². The molecule has 0 aliphatic carbocycles. The number of benzene rings is 3. The standard InChI is InChI=1S/C28H29NO3/c1-3-10-19(4-2)22-14-8-15-23-24(27(28(30)31)29-26(22)23)16-9-18-32-25-17-7-12-20-11-5-6-13-21(20)25/h5-8,10-15,17,29H,3-4,9,16,18H2,1-2H3,(H,30,31)/b19-10-. The van der Waals surface area contributed by atoms with Crippen molar-refractivity contribution in [1.29, 1.82) is 0 Å². The molecule has 0 bridgehead atoms. The third-order valence-electron chi connectivity index (χ3n) is 5.91. The Hall–Kier alpha value is -3.53. The van der Waals surface area contributed by atoms with Gasteiger partial charge in [0.2, 0.25) is 0 Å². The van der Waals surface area contributed by atoms with Gasteiger partial charge in [-0.15, -0.1) is 0 Å². The number of H-pyrrole nitrogens is 1. The summed E-state index contributed by atoms with van der Waals surface area (Å²) in [6.07, 6.45) is 5.43. The van der Waals surface area contributed by atoms with Crippen LogP contribution in [0, 0.1) is 0 Å². The summed E-state index contributed by atoms with van der Waals surface area (Å²) in [5, 5.41) is 13.1. The summed E-state index contributed by atoms with van der Waals surface area (Å²) in [5.41, 5.74) is 4.37. The van der Waals surface area contributed by atoms with Crippen molar-refractivity contribution in [3.8, 4) is 5.75 Å². The van der Waals surface area contributed by atoms with Gasteiger partial charge in [0, 0.05) is 16.3 Å². The summed E-state index contributed by atoms with van der Waals surface area (Å²) < 4.78 is 6.07. The molecule has 32 heavy (non-hydrogen) atoms. The van der Waals surface area contributed by atoms with Gasteiger partial charge in [-0.3, -0.25) is 0 Å². The van der Waals surface area contributed by atoms with E-state index in [1.54, 1.807) is 0 Å². The molecule has 4 nitrogen and oxygen atoms in total. The number of hydrogen-bond acceptors (Lipinski definition) is 2. The molecule has 2 N–H and O–H groups in total. The lowest BCUT2D eigenvalue weighted by Crippen LogP contribution is -2.04. The first-order valence-corrected chi connectivity index (χ1v) is 11.3. The first-order chi connectivity index (χ1) is 15.6. The van der Waals surface area contributed by atoms with Gasteiger partial charge in [-0.25, -0.2) is 4.79 Å². The second kappa shape index (κ2) is 9.73. The monoisotopic (exact) mass is 427 g/mol. The smallest absolute Gasteiger partial charge is 0.352 e. The van der Waals surface area contributed by atoms with Crippen LogP contribution in [0.25, 0.3) is 27.2 Å². The molecule has 1 heterocycles. The lowest BCUT2D eigenvalue weighted by atomic mass is 9.98. The fourth-order valence-corrected chi connectivity index (χ4v) is 4.43. The van der Waals surface area contributed by atoms with Gasteiger partial charge in [-0.1, -0.05) is 74.5 Å². The van der Waals surface area contributed by atoms with E-state index in [0.29, 0.717) is 13.0 Å². The number of allylic oxidation sites excluding steroid dienone is 2. The van der Waals surface area contributed by atoms with Crippen LogP contribution in [0.15, 0.2) is 66.7 Å². The average Bonchev–Trinajstić information content (AvgIpc) is 3.19. The molecule has 1 aromatic heterocycles. The molecule has 0 amide bonds. The molecule has 4 rings (SSSR count). The second-order valence-corrected chi connectivity index (χ2v) is 7.93. The lowest BCUT2D eigenvalue weighted by Gasteiger charge is -2.10. The Labute approximate surface area is 188 Å². The van der Waals surface area contributed by atoms with E-state index in [1.807, 2.05) is 36.4 Å². The Morgan fingerprint density at radius 3 is 2.53 bits per heavy atom. The topological polar surface area (TPSA) is 62.3 Å². The zero-order valence-electron chi connectivity index (χ0n) is 18.7. The molecular weight excluding hydrogens is 398 g/mol. The van der Waals surface area contributed by atoms with Crippen molar-refractivity contribution >= 4 is 33.2 Å². The minimum atomic E-state index is -0.922. The molecule has 0 saturated heterocycles. The van der Waals surface area contributed by atoms with Gasteiger partial charge in [-0.05, 0) is 48.3 Å². The molecule has 0 unspecified atom stereocenters. The number of para-hydroxylation sites is 1. The fourth-order valence-electron chi connectivity index (χ4n) is 4.43. The highest BCUT2D eigenvalue weighted by atomic mass is 16.5. The van der Waals surface area contributed by atoms with Gasteiger partial charge in [0.25, 0.3) is 0 Å². The van der Waals surface area contributed by atoms with Crippen LogP contribution in [0.3, 0.4) is 0 Å². The molecule has 0 atom stereocenters. The number of nitrogens with one attached hydrogen (secondary N) is 1. The van der Waals surface area contributed by atoms with Crippen molar-refractivity contribution in [1.82, 2.24) is 4.98 Å². The number of aryl methyl sites for hydroxylation is 1. The fraction of sp³-hybridized carbons (Fsp3) is 0.250. The molecule has 0 aliphatic rings. The van der Waals surface area contributed by atoms with Crippen molar-refractivity contribution in [2.75, 3.05) is 6.61 Å². The van der Waals surface area contributed by atoms with Crippen LogP contribution in [0.4, 0.5) is 0 Å². The maximum Gasteiger partial charge on any atom is 0.352 e. The summed E-state index contributed by atoms with van der Waals surface area (Å²) in [5.74, 6) is -0.0605. The first kappa shape index (κ1) is 21.7. The number of carboxylic acid groups (broad SMARTS) is 1. The van der Waals surface area contributed by atoms with E-state index in [2.05, 4.69) is 49.2 Å². The van der Waals surface area contributed by atoms with Gasteiger partial charge in [0.05, 0.1) is 12.1 Å².